The Morgan fingerprint density at radius 1 is 1.31 bits per heavy atom. The summed E-state index contributed by atoms with van der Waals surface area (Å²) in [6.45, 7) is 5.86. The van der Waals surface area contributed by atoms with Crippen LogP contribution in [0.4, 0.5) is 4.39 Å². The highest BCUT2D eigenvalue weighted by Gasteiger charge is 2.27. The molecule has 0 aliphatic carbocycles. The van der Waals surface area contributed by atoms with Crippen LogP contribution in [0, 0.1) is 11.7 Å². The lowest BCUT2D eigenvalue weighted by molar-refractivity contribution is 0.175. The van der Waals surface area contributed by atoms with E-state index in [1.807, 2.05) is 0 Å². The lowest BCUT2D eigenvalue weighted by Crippen LogP contribution is -2.42. The molecule has 2 aliphatic heterocycles. The van der Waals surface area contributed by atoms with Crippen molar-refractivity contribution in [3.8, 4) is 0 Å². The summed E-state index contributed by atoms with van der Waals surface area (Å²) in [4.78, 5) is 9.14. The quantitative estimate of drug-likeness (QED) is 0.390. The van der Waals surface area contributed by atoms with Gasteiger partial charge in [0, 0.05) is 38.8 Å². The first kappa shape index (κ1) is 21.4. The Bertz CT molecular complexity index is 595. The van der Waals surface area contributed by atoms with Gasteiger partial charge in [0.1, 0.15) is 5.82 Å². The van der Waals surface area contributed by atoms with Crippen LogP contribution in [0.15, 0.2) is 29.3 Å². The highest BCUT2D eigenvalue weighted by molar-refractivity contribution is 14.0. The molecule has 2 saturated heterocycles. The number of nitrogens with one attached hydrogen (secondary N) is 1. The van der Waals surface area contributed by atoms with Crippen molar-refractivity contribution in [1.29, 1.82) is 0 Å². The number of benzene rings is 1. The van der Waals surface area contributed by atoms with Crippen LogP contribution in [-0.2, 0) is 0 Å². The Balaban J connectivity index is 0.00000243. The fourth-order valence-corrected chi connectivity index (χ4v) is 3.88. The van der Waals surface area contributed by atoms with Gasteiger partial charge in [0.25, 0.3) is 0 Å². The molecule has 1 aromatic rings. The van der Waals surface area contributed by atoms with Gasteiger partial charge in [-0.25, -0.2) is 4.39 Å². The maximum absolute atomic E-state index is 13.8. The Morgan fingerprint density at radius 3 is 2.73 bits per heavy atom. The minimum Gasteiger partial charge on any atom is -0.386 e. The van der Waals surface area contributed by atoms with Crippen LogP contribution < -0.4 is 5.32 Å². The highest BCUT2D eigenvalue weighted by Crippen LogP contribution is 2.20. The molecule has 0 bridgehead atoms. The van der Waals surface area contributed by atoms with Crippen LogP contribution in [0.3, 0.4) is 0 Å². The van der Waals surface area contributed by atoms with Crippen LogP contribution in [-0.4, -0.2) is 67.2 Å². The number of aliphatic imine (C=N–C) groups is 1. The van der Waals surface area contributed by atoms with Crippen molar-refractivity contribution in [3.63, 3.8) is 0 Å². The summed E-state index contributed by atoms with van der Waals surface area (Å²) in [6.07, 6.45) is 2.94. The molecule has 0 radical (unpaired) electrons. The van der Waals surface area contributed by atoms with E-state index in [-0.39, 0.29) is 36.3 Å². The largest absolute Gasteiger partial charge is 0.386 e. The number of hydrogen-bond acceptors (Lipinski definition) is 3. The second kappa shape index (κ2) is 10.4. The molecule has 2 aliphatic rings. The molecular formula is C19H30FIN4O. The zero-order valence-corrected chi connectivity index (χ0v) is 17.7. The van der Waals surface area contributed by atoms with E-state index in [1.165, 1.54) is 45.0 Å². The van der Waals surface area contributed by atoms with E-state index in [0.29, 0.717) is 11.5 Å². The van der Waals surface area contributed by atoms with Gasteiger partial charge in [-0.15, -0.1) is 24.0 Å². The molecule has 0 saturated carbocycles. The van der Waals surface area contributed by atoms with E-state index in [2.05, 4.69) is 20.1 Å². The van der Waals surface area contributed by atoms with Gasteiger partial charge in [-0.2, -0.15) is 0 Å². The van der Waals surface area contributed by atoms with Crippen molar-refractivity contribution in [1.82, 2.24) is 15.1 Å². The van der Waals surface area contributed by atoms with Gasteiger partial charge in [-0.3, -0.25) is 4.99 Å². The van der Waals surface area contributed by atoms with Crippen LogP contribution in [0.25, 0.3) is 0 Å². The number of hydrogen-bond donors (Lipinski definition) is 2. The van der Waals surface area contributed by atoms with Gasteiger partial charge < -0.3 is 20.2 Å². The molecule has 3 rings (SSSR count). The number of halogens is 2. The molecular weight excluding hydrogens is 446 g/mol. The second-order valence-electron chi connectivity index (χ2n) is 7.07. The fourth-order valence-electron chi connectivity index (χ4n) is 3.88. The van der Waals surface area contributed by atoms with Crippen molar-refractivity contribution in [2.45, 2.75) is 25.4 Å². The predicted molar refractivity (Wildman–Crippen MR) is 113 cm³/mol. The summed E-state index contributed by atoms with van der Waals surface area (Å²) in [5.74, 6) is 1.09. The molecule has 2 unspecified atom stereocenters. The molecule has 2 atom stereocenters. The van der Waals surface area contributed by atoms with E-state index in [9.17, 15) is 9.50 Å². The number of rotatable bonds is 5. The molecule has 2 fully saturated rings. The van der Waals surface area contributed by atoms with Gasteiger partial charge in [0.05, 0.1) is 6.10 Å². The van der Waals surface area contributed by atoms with Crippen LogP contribution in [0.5, 0.6) is 0 Å². The first-order valence-electron chi connectivity index (χ1n) is 9.28. The van der Waals surface area contributed by atoms with Crippen LogP contribution >= 0.6 is 24.0 Å². The summed E-state index contributed by atoms with van der Waals surface area (Å²) in [6, 6.07) is 6.35. The third kappa shape index (κ3) is 5.53. The topological polar surface area (TPSA) is 51.1 Å². The molecule has 0 amide bonds. The Kier molecular flexibility index (Phi) is 8.56. The Labute approximate surface area is 172 Å². The zero-order valence-electron chi connectivity index (χ0n) is 15.4. The van der Waals surface area contributed by atoms with Gasteiger partial charge in [0.2, 0.25) is 0 Å². The molecule has 5 nitrogen and oxygen atoms in total. The summed E-state index contributed by atoms with van der Waals surface area (Å²) in [5.41, 5.74) is 0.318. The number of aliphatic hydroxyl groups is 1. The summed E-state index contributed by atoms with van der Waals surface area (Å²) < 4.78 is 13.8. The van der Waals surface area contributed by atoms with E-state index >= 15 is 0 Å². The first-order chi connectivity index (χ1) is 12.2. The molecule has 0 spiro atoms. The lowest BCUT2D eigenvalue weighted by Gasteiger charge is -2.24. The third-order valence-electron chi connectivity index (χ3n) is 5.23. The molecule has 0 aromatic heterocycles. The number of likely N-dealkylation sites (tertiary alicyclic amines) is 2. The smallest absolute Gasteiger partial charge is 0.193 e. The van der Waals surface area contributed by atoms with Gasteiger partial charge >= 0.3 is 0 Å². The number of aliphatic hydroxyl groups excluding tert-OH is 1. The Morgan fingerprint density at radius 2 is 2.04 bits per heavy atom. The summed E-state index contributed by atoms with van der Waals surface area (Å²) >= 11 is 0. The maximum atomic E-state index is 13.8. The fraction of sp³-hybridized carbons (Fsp3) is 0.632. The normalized spacial score (nSPS) is 22.3. The molecule has 7 heteroatoms. The van der Waals surface area contributed by atoms with E-state index in [0.717, 1.165) is 19.0 Å². The average molecular weight is 476 g/mol. The van der Waals surface area contributed by atoms with E-state index in [1.54, 1.807) is 25.2 Å². The van der Waals surface area contributed by atoms with Gasteiger partial charge in [0.15, 0.2) is 5.96 Å². The van der Waals surface area contributed by atoms with Crippen LogP contribution in [0.1, 0.15) is 30.9 Å². The summed E-state index contributed by atoms with van der Waals surface area (Å²) in [7, 11) is 1.76. The van der Waals surface area contributed by atoms with Crippen molar-refractivity contribution in [3.05, 3.63) is 35.6 Å². The highest BCUT2D eigenvalue weighted by atomic mass is 127. The molecule has 2 N–H and O–H groups in total. The minimum atomic E-state index is -0.888. The van der Waals surface area contributed by atoms with E-state index < -0.39 is 6.10 Å². The lowest BCUT2D eigenvalue weighted by atomic mass is 10.1. The van der Waals surface area contributed by atoms with Gasteiger partial charge in [-0.05, 0) is 44.3 Å². The van der Waals surface area contributed by atoms with Crippen molar-refractivity contribution < 1.29 is 9.50 Å². The molecule has 26 heavy (non-hydrogen) atoms. The molecule has 2 heterocycles. The Hall–Kier alpha value is -0.930. The minimum absolute atomic E-state index is 0. The van der Waals surface area contributed by atoms with Crippen molar-refractivity contribution in [2.75, 3.05) is 46.3 Å². The third-order valence-corrected chi connectivity index (χ3v) is 5.23. The van der Waals surface area contributed by atoms with Crippen molar-refractivity contribution in [2.24, 2.45) is 10.9 Å². The first-order valence-corrected chi connectivity index (χ1v) is 9.28. The standard InChI is InChI=1S/C19H29FN4O.HI/c1-21-19(22-12-18(25)16-6-2-3-7-17(16)20)24-11-8-15(14-24)13-23-9-4-5-10-23;/h2-3,6-7,15,18,25H,4-5,8-14H2,1H3,(H,21,22);1H. The number of nitrogens with zero attached hydrogens (tertiary/aromatic N) is 3. The number of guanidine groups is 1. The maximum Gasteiger partial charge on any atom is 0.193 e. The van der Waals surface area contributed by atoms with Crippen molar-refractivity contribution >= 4 is 29.9 Å². The molecule has 146 valence electrons. The van der Waals surface area contributed by atoms with E-state index in [4.69, 9.17) is 0 Å². The second-order valence-corrected chi connectivity index (χ2v) is 7.07. The SMILES string of the molecule is CN=C(NCC(O)c1ccccc1F)N1CCC(CN2CCCC2)C1.I. The average Bonchev–Trinajstić information content (AvgIpc) is 3.28. The van der Waals surface area contributed by atoms with Gasteiger partial charge in [-0.1, -0.05) is 18.2 Å². The molecule has 1 aromatic carbocycles. The predicted octanol–water partition coefficient (Wildman–Crippen LogP) is 2.47. The zero-order chi connectivity index (χ0) is 17.6. The summed E-state index contributed by atoms with van der Waals surface area (Å²) in [5, 5.41) is 13.4. The monoisotopic (exact) mass is 476 g/mol. The van der Waals surface area contributed by atoms with Crippen LogP contribution in [0.2, 0.25) is 0 Å².